The van der Waals surface area contributed by atoms with Crippen molar-refractivity contribution >= 4 is 12.4 Å². The summed E-state index contributed by atoms with van der Waals surface area (Å²) < 4.78 is 86.5. The van der Waals surface area contributed by atoms with E-state index in [0.29, 0.717) is 6.07 Å². The second kappa shape index (κ2) is 6.15. The highest BCUT2D eigenvalue weighted by atomic mass is 35.5. The number of aliphatic hydroxyl groups excluding tert-OH is 1. The third-order valence-corrected chi connectivity index (χ3v) is 2.31. The van der Waals surface area contributed by atoms with Gasteiger partial charge in [0.25, 0.3) is 0 Å². The second-order valence-corrected chi connectivity index (χ2v) is 3.78. The third kappa shape index (κ3) is 4.50. The molecule has 0 spiro atoms. The van der Waals surface area contributed by atoms with Crippen molar-refractivity contribution < 1.29 is 35.8 Å². The molecule has 0 aliphatic rings. The molecule has 0 fully saturated rings. The number of halogens is 8. The summed E-state index contributed by atoms with van der Waals surface area (Å²) in [6.07, 6.45) is -13.1. The van der Waals surface area contributed by atoms with Gasteiger partial charge in [0.2, 0.25) is 0 Å². The molecule has 0 bridgehead atoms. The lowest BCUT2D eigenvalue weighted by atomic mass is 9.99. The van der Waals surface area contributed by atoms with Crippen molar-refractivity contribution in [3.8, 4) is 0 Å². The maximum absolute atomic E-state index is 13.0. The van der Waals surface area contributed by atoms with E-state index in [9.17, 15) is 30.7 Å². The first-order valence-corrected chi connectivity index (χ1v) is 4.81. The Morgan fingerprint density at radius 3 is 1.90 bits per heavy atom. The summed E-state index contributed by atoms with van der Waals surface area (Å²) in [6, 6.07) is -1.41. The highest BCUT2D eigenvalue weighted by Gasteiger charge is 2.43. The number of aliphatic hydroxyl groups is 1. The zero-order valence-corrected chi connectivity index (χ0v) is 10.3. The van der Waals surface area contributed by atoms with Crippen molar-refractivity contribution in [1.82, 2.24) is 0 Å². The number of rotatable bonds is 2. The smallest absolute Gasteiger partial charge is 0.382 e. The van der Waals surface area contributed by atoms with Crippen LogP contribution in [0.1, 0.15) is 17.2 Å². The van der Waals surface area contributed by atoms with Gasteiger partial charge in [-0.3, -0.25) is 0 Å². The summed E-state index contributed by atoms with van der Waals surface area (Å²) >= 11 is 0. The normalized spacial score (nSPS) is 15.4. The van der Waals surface area contributed by atoms with Crippen LogP contribution in [-0.2, 0) is 6.18 Å². The minimum absolute atomic E-state index is 0. The van der Waals surface area contributed by atoms with E-state index in [-0.39, 0.29) is 24.5 Å². The van der Waals surface area contributed by atoms with Crippen molar-refractivity contribution in [2.45, 2.75) is 24.5 Å². The summed E-state index contributed by atoms with van der Waals surface area (Å²) in [4.78, 5) is 0. The SMILES string of the molecule is Cl.N[C@@H](c1cc(F)cc(C(F)(F)F)c1)[C@H](O)C(F)(F)F. The van der Waals surface area contributed by atoms with Crippen LogP contribution in [0.5, 0.6) is 0 Å². The van der Waals surface area contributed by atoms with Crippen LogP contribution in [0.3, 0.4) is 0 Å². The largest absolute Gasteiger partial charge is 0.416 e. The summed E-state index contributed by atoms with van der Waals surface area (Å²) in [5, 5.41) is 8.84. The molecule has 1 rings (SSSR count). The second-order valence-electron chi connectivity index (χ2n) is 3.78. The van der Waals surface area contributed by atoms with Gasteiger partial charge in [-0.2, -0.15) is 26.3 Å². The standard InChI is InChI=1S/C10H8F7NO.ClH/c11-6-2-4(1-5(3-6)9(12,13)14)7(18)8(19)10(15,16)17;/h1-3,7-8,19H,18H2;1H/t7-,8-;/m0./s1. The van der Waals surface area contributed by atoms with Crippen LogP contribution in [0, 0.1) is 5.82 Å². The average molecular weight is 328 g/mol. The van der Waals surface area contributed by atoms with E-state index in [1.165, 1.54) is 0 Å². The summed E-state index contributed by atoms with van der Waals surface area (Å²) in [6.45, 7) is 0. The van der Waals surface area contributed by atoms with E-state index < -0.39 is 41.4 Å². The molecule has 10 heteroatoms. The lowest BCUT2D eigenvalue weighted by Crippen LogP contribution is -2.39. The highest BCUT2D eigenvalue weighted by molar-refractivity contribution is 5.85. The molecule has 0 aliphatic heterocycles. The van der Waals surface area contributed by atoms with Crippen LogP contribution in [-0.4, -0.2) is 17.4 Å². The van der Waals surface area contributed by atoms with E-state index in [4.69, 9.17) is 10.8 Å². The van der Waals surface area contributed by atoms with Crippen molar-refractivity contribution in [2.24, 2.45) is 5.73 Å². The zero-order chi connectivity index (χ0) is 15.0. The Balaban J connectivity index is 0.00000361. The predicted octanol–water partition coefficient (Wildman–Crippen LogP) is 3.19. The van der Waals surface area contributed by atoms with Crippen LogP contribution < -0.4 is 5.73 Å². The number of alkyl halides is 6. The van der Waals surface area contributed by atoms with Gasteiger partial charge in [0.1, 0.15) is 5.82 Å². The van der Waals surface area contributed by atoms with Gasteiger partial charge >= 0.3 is 12.4 Å². The van der Waals surface area contributed by atoms with Crippen molar-refractivity contribution in [3.05, 3.63) is 35.1 Å². The lowest BCUT2D eigenvalue weighted by Gasteiger charge is -2.22. The first-order chi connectivity index (χ1) is 8.43. The van der Waals surface area contributed by atoms with Gasteiger partial charge in [-0.15, -0.1) is 12.4 Å². The molecular weight excluding hydrogens is 319 g/mol. The summed E-state index contributed by atoms with van der Waals surface area (Å²) in [5.74, 6) is -1.39. The number of hydrogen-bond donors (Lipinski definition) is 2. The fourth-order valence-electron chi connectivity index (χ4n) is 1.35. The molecule has 0 saturated heterocycles. The lowest BCUT2D eigenvalue weighted by molar-refractivity contribution is -0.210. The molecule has 0 aromatic heterocycles. The molecule has 2 atom stereocenters. The first-order valence-electron chi connectivity index (χ1n) is 4.81. The maximum atomic E-state index is 13.0. The van der Waals surface area contributed by atoms with Gasteiger partial charge in [0.15, 0.2) is 6.10 Å². The molecule has 116 valence electrons. The zero-order valence-electron chi connectivity index (χ0n) is 9.47. The number of benzene rings is 1. The van der Waals surface area contributed by atoms with Gasteiger partial charge in [-0.05, 0) is 23.8 Å². The molecule has 0 aliphatic carbocycles. The maximum Gasteiger partial charge on any atom is 0.416 e. The Kier molecular flexibility index (Phi) is 5.82. The highest BCUT2D eigenvalue weighted by Crippen LogP contribution is 2.34. The van der Waals surface area contributed by atoms with Crippen molar-refractivity contribution in [2.75, 3.05) is 0 Å². The Morgan fingerprint density at radius 2 is 1.50 bits per heavy atom. The number of hydrogen-bond acceptors (Lipinski definition) is 2. The molecule has 1 aromatic carbocycles. The Labute approximate surface area is 114 Å². The molecule has 0 heterocycles. The average Bonchev–Trinajstić information content (AvgIpc) is 2.23. The molecule has 0 amide bonds. The van der Waals surface area contributed by atoms with E-state index in [1.807, 2.05) is 0 Å². The molecule has 0 radical (unpaired) electrons. The van der Waals surface area contributed by atoms with E-state index in [2.05, 4.69) is 0 Å². The molecular formula is C10H9ClF7NO. The number of nitrogens with two attached hydrogens (primary N) is 1. The molecule has 20 heavy (non-hydrogen) atoms. The van der Waals surface area contributed by atoms with Gasteiger partial charge in [-0.1, -0.05) is 0 Å². The molecule has 0 unspecified atom stereocenters. The minimum Gasteiger partial charge on any atom is -0.382 e. The van der Waals surface area contributed by atoms with Gasteiger partial charge in [0.05, 0.1) is 11.6 Å². The summed E-state index contributed by atoms with van der Waals surface area (Å²) in [5.41, 5.74) is 2.73. The fraction of sp³-hybridized carbons (Fsp3) is 0.400. The van der Waals surface area contributed by atoms with Crippen molar-refractivity contribution in [3.63, 3.8) is 0 Å². The molecule has 3 N–H and O–H groups in total. The molecule has 1 aromatic rings. The Hall–Kier alpha value is -1.06. The van der Waals surface area contributed by atoms with E-state index in [1.54, 1.807) is 0 Å². The predicted molar refractivity (Wildman–Crippen MR) is 57.6 cm³/mol. The minimum atomic E-state index is -5.12. The summed E-state index contributed by atoms with van der Waals surface area (Å²) in [7, 11) is 0. The van der Waals surface area contributed by atoms with Crippen LogP contribution in [0.2, 0.25) is 0 Å². The monoisotopic (exact) mass is 327 g/mol. The third-order valence-electron chi connectivity index (χ3n) is 2.31. The van der Waals surface area contributed by atoms with Crippen LogP contribution in [0.4, 0.5) is 30.7 Å². The van der Waals surface area contributed by atoms with Gasteiger partial charge < -0.3 is 10.8 Å². The van der Waals surface area contributed by atoms with E-state index in [0.717, 1.165) is 0 Å². The van der Waals surface area contributed by atoms with Crippen LogP contribution in [0.15, 0.2) is 18.2 Å². The first kappa shape index (κ1) is 18.9. The van der Waals surface area contributed by atoms with Crippen molar-refractivity contribution in [1.29, 1.82) is 0 Å². The van der Waals surface area contributed by atoms with E-state index >= 15 is 0 Å². The quantitative estimate of drug-likeness (QED) is 0.820. The van der Waals surface area contributed by atoms with Crippen LogP contribution >= 0.6 is 12.4 Å². The fourth-order valence-corrected chi connectivity index (χ4v) is 1.35. The van der Waals surface area contributed by atoms with Gasteiger partial charge in [0, 0.05) is 0 Å². The molecule has 2 nitrogen and oxygen atoms in total. The van der Waals surface area contributed by atoms with Crippen LogP contribution in [0.25, 0.3) is 0 Å². The topological polar surface area (TPSA) is 46.2 Å². The Morgan fingerprint density at radius 1 is 1.00 bits per heavy atom. The van der Waals surface area contributed by atoms with Gasteiger partial charge in [-0.25, -0.2) is 4.39 Å². The molecule has 0 saturated carbocycles. The Bertz CT molecular complexity index is 460.